The average Bonchev–Trinajstić information content (AvgIpc) is 1.81. The van der Waals surface area contributed by atoms with Gasteiger partial charge in [-0.25, -0.2) is 0 Å². The minimum atomic E-state index is -1.58. The van der Waals surface area contributed by atoms with Crippen LogP contribution in [0.25, 0.3) is 0 Å². The third-order valence-electron chi connectivity index (χ3n) is 0.711. The summed E-state index contributed by atoms with van der Waals surface area (Å²) in [7, 11) is -1.58. The molecule has 0 atom stereocenters. The van der Waals surface area contributed by atoms with Gasteiger partial charge in [0.2, 0.25) is 8.32 Å². The van der Waals surface area contributed by atoms with Crippen LogP contribution in [-0.4, -0.2) is 25.1 Å². The van der Waals surface area contributed by atoms with Gasteiger partial charge in [0.1, 0.15) is 12.9 Å². The molecule has 0 aromatic carbocycles. The lowest BCUT2D eigenvalue weighted by Crippen LogP contribution is -2.22. The zero-order valence-electron chi connectivity index (χ0n) is 6.59. The Hall–Kier alpha value is -0.483. The fourth-order valence-corrected chi connectivity index (χ4v) is 0.772. The molecule has 0 unspecified atom stereocenters. The molecule has 2 N–H and O–H groups in total. The van der Waals surface area contributed by atoms with Crippen molar-refractivity contribution in [1.29, 1.82) is 0 Å². The van der Waals surface area contributed by atoms with Crippen LogP contribution in [0.4, 0.5) is 0 Å². The van der Waals surface area contributed by atoms with Crippen LogP contribution in [0.1, 0.15) is 0 Å². The predicted octanol–water partition coefficient (Wildman–Crippen LogP) is 1.23. The van der Waals surface area contributed by atoms with E-state index in [-0.39, 0.29) is 12.4 Å². The van der Waals surface area contributed by atoms with E-state index in [1.54, 1.807) is 0 Å². The SMILES string of the molecule is C[Si](C)(C)O/C=C(\O)CO. The van der Waals surface area contributed by atoms with Crippen LogP contribution in [0, 0.1) is 0 Å². The van der Waals surface area contributed by atoms with Gasteiger partial charge in [-0.05, 0) is 19.6 Å². The molecule has 0 aromatic heterocycles. The van der Waals surface area contributed by atoms with E-state index in [4.69, 9.17) is 14.6 Å². The lowest BCUT2D eigenvalue weighted by atomic mass is 10.6. The highest BCUT2D eigenvalue weighted by atomic mass is 28.4. The Balaban J connectivity index is 3.73. The van der Waals surface area contributed by atoms with E-state index in [1.165, 1.54) is 6.26 Å². The van der Waals surface area contributed by atoms with Crippen LogP contribution in [0.2, 0.25) is 19.6 Å². The van der Waals surface area contributed by atoms with Crippen LogP contribution >= 0.6 is 0 Å². The normalized spacial score (nSPS) is 13.4. The molecule has 0 saturated carbocycles. The number of hydrogen-bond acceptors (Lipinski definition) is 3. The van der Waals surface area contributed by atoms with Gasteiger partial charge in [-0.1, -0.05) is 0 Å². The Morgan fingerprint density at radius 3 is 2.30 bits per heavy atom. The molecule has 4 heteroatoms. The number of rotatable bonds is 3. The van der Waals surface area contributed by atoms with E-state index in [9.17, 15) is 0 Å². The van der Waals surface area contributed by atoms with Gasteiger partial charge in [-0.15, -0.1) is 0 Å². The van der Waals surface area contributed by atoms with Crippen molar-refractivity contribution in [3.05, 3.63) is 12.0 Å². The molecule has 0 aliphatic carbocycles. The Morgan fingerprint density at radius 2 is 2.00 bits per heavy atom. The molecule has 10 heavy (non-hydrogen) atoms. The van der Waals surface area contributed by atoms with Crippen molar-refractivity contribution in [3.63, 3.8) is 0 Å². The van der Waals surface area contributed by atoms with Crippen molar-refractivity contribution in [2.45, 2.75) is 19.6 Å². The van der Waals surface area contributed by atoms with Crippen LogP contribution in [-0.2, 0) is 4.43 Å². The van der Waals surface area contributed by atoms with Crippen LogP contribution < -0.4 is 0 Å². The Bertz CT molecular complexity index is 125. The van der Waals surface area contributed by atoms with Crippen molar-refractivity contribution in [2.75, 3.05) is 6.61 Å². The molecule has 0 aliphatic rings. The summed E-state index contributed by atoms with van der Waals surface area (Å²) < 4.78 is 5.15. The van der Waals surface area contributed by atoms with Gasteiger partial charge >= 0.3 is 0 Å². The van der Waals surface area contributed by atoms with Crippen molar-refractivity contribution >= 4 is 8.32 Å². The fourth-order valence-electron chi connectivity index (χ4n) is 0.282. The molecule has 60 valence electrons. The minimum absolute atomic E-state index is 0.123. The molecule has 0 aromatic rings. The molecule has 0 saturated heterocycles. The third kappa shape index (κ3) is 5.65. The highest BCUT2D eigenvalue weighted by molar-refractivity contribution is 6.69. The summed E-state index contributed by atoms with van der Waals surface area (Å²) >= 11 is 0. The largest absolute Gasteiger partial charge is 0.547 e. The molecule has 0 fully saturated rings. The predicted molar refractivity (Wildman–Crippen MR) is 42.2 cm³/mol. The van der Waals surface area contributed by atoms with Gasteiger partial charge < -0.3 is 14.6 Å². The van der Waals surface area contributed by atoms with E-state index < -0.39 is 8.32 Å². The smallest absolute Gasteiger partial charge is 0.241 e. The zero-order chi connectivity index (χ0) is 8.20. The summed E-state index contributed by atoms with van der Waals surface area (Å²) in [6.45, 7) is 5.63. The maximum absolute atomic E-state index is 8.73. The first-order valence-electron chi connectivity index (χ1n) is 3.12. The quantitative estimate of drug-likeness (QED) is 0.485. The highest BCUT2D eigenvalue weighted by Crippen LogP contribution is 2.03. The van der Waals surface area contributed by atoms with E-state index in [0.717, 1.165) is 0 Å². The summed E-state index contributed by atoms with van der Waals surface area (Å²) in [6, 6.07) is 0. The maximum atomic E-state index is 8.73. The number of aliphatic hydroxyl groups is 2. The first-order valence-corrected chi connectivity index (χ1v) is 6.53. The molecule has 0 spiro atoms. The first-order chi connectivity index (χ1) is 4.45. The van der Waals surface area contributed by atoms with Gasteiger partial charge in [-0.2, -0.15) is 0 Å². The standard InChI is InChI=1S/C6H14O3Si/c1-10(2,3)9-5-6(8)4-7/h5,7-8H,4H2,1-3H3/b6-5-. The molecule has 0 rings (SSSR count). The Morgan fingerprint density at radius 1 is 1.50 bits per heavy atom. The van der Waals surface area contributed by atoms with Crippen LogP contribution in [0.3, 0.4) is 0 Å². The van der Waals surface area contributed by atoms with Crippen molar-refractivity contribution in [3.8, 4) is 0 Å². The fraction of sp³-hybridized carbons (Fsp3) is 0.667. The molecular weight excluding hydrogens is 148 g/mol. The minimum Gasteiger partial charge on any atom is -0.547 e. The van der Waals surface area contributed by atoms with Gasteiger partial charge in [-0.3, -0.25) is 0 Å². The number of hydrogen-bond donors (Lipinski definition) is 2. The summed E-state index contributed by atoms with van der Waals surface area (Å²) in [6.07, 6.45) is 1.21. The number of aliphatic hydroxyl groups excluding tert-OH is 2. The molecule has 0 aliphatic heterocycles. The van der Waals surface area contributed by atoms with Crippen LogP contribution in [0.5, 0.6) is 0 Å². The summed E-state index contributed by atoms with van der Waals surface area (Å²) in [5.74, 6) is -0.123. The van der Waals surface area contributed by atoms with Gasteiger partial charge in [0, 0.05) is 0 Å². The lowest BCUT2D eigenvalue weighted by Gasteiger charge is -2.14. The second-order valence-electron chi connectivity index (χ2n) is 3.00. The summed E-state index contributed by atoms with van der Waals surface area (Å²) in [5, 5.41) is 17.1. The third-order valence-corrected chi connectivity index (χ3v) is 1.54. The van der Waals surface area contributed by atoms with Crippen molar-refractivity contribution < 1.29 is 14.6 Å². The Labute approximate surface area is 62.1 Å². The van der Waals surface area contributed by atoms with E-state index >= 15 is 0 Å². The molecule has 0 amide bonds. The lowest BCUT2D eigenvalue weighted by molar-refractivity contribution is 0.241. The second-order valence-corrected chi connectivity index (χ2v) is 7.46. The topological polar surface area (TPSA) is 49.7 Å². The molecular formula is C6H14O3Si. The van der Waals surface area contributed by atoms with Crippen LogP contribution in [0.15, 0.2) is 12.0 Å². The van der Waals surface area contributed by atoms with Crippen molar-refractivity contribution in [2.24, 2.45) is 0 Å². The van der Waals surface area contributed by atoms with E-state index in [2.05, 4.69) is 0 Å². The summed E-state index contributed by atoms with van der Waals surface area (Å²) in [5.41, 5.74) is 0. The van der Waals surface area contributed by atoms with Gasteiger partial charge in [0.15, 0.2) is 5.76 Å². The van der Waals surface area contributed by atoms with Gasteiger partial charge in [0.25, 0.3) is 0 Å². The zero-order valence-corrected chi connectivity index (χ0v) is 7.59. The maximum Gasteiger partial charge on any atom is 0.241 e. The van der Waals surface area contributed by atoms with Crippen molar-refractivity contribution in [1.82, 2.24) is 0 Å². The van der Waals surface area contributed by atoms with Gasteiger partial charge in [0.05, 0.1) is 0 Å². The monoisotopic (exact) mass is 162 g/mol. The molecule has 0 bridgehead atoms. The van der Waals surface area contributed by atoms with E-state index in [0.29, 0.717) is 0 Å². The second kappa shape index (κ2) is 3.63. The molecule has 0 radical (unpaired) electrons. The highest BCUT2D eigenvalue weighted by Gasteiger charge is 2.13. The summed E-state index contributed by atoms with van der Waals surface area (Å²) in [4.78, 5) is 0. The Kier molecular flexibility index (Phi) is 3.45. The van der Waals surface area contributed by atoms with E-state index in [1.807, 2.05) is 19.6 Å². The molecule has 3 nitrogen and oxygen atoms in total. The average molecular weight is 162 g/mol. The first kappa shape index (κ1) is 9.52. The molecule has 0 heterocycles.